The molecule has 1 N–H and O–H groups in total. The van der Waals surface area contributed by atoms with Crippen LogP contribution in [0.3, 0.4) is 0 Å². The Hall–Kier alpha value is -2.15. The van der Waals surface area contributed by atoms with Crippen LogP contribution in [0.2, 0.25) is 0 Å². The van der Waals surface area contributed by atoms with Crippen LogP contribution in [0, 0.1) is 10.1 Å². The molecular formula is C11H14N2O5. The molecule has 0 heterocycles. The molecular weight excluding hydrogens is 240 g/mol. The average molecular weight is 254 g/mol. The van der Waals surface area contributed by atoms with Crippen molar-refractivity contribution in [1.82, 2.24) is 5.32 Å². The van der Waals surface area contributed by atoms with Gasteiger partial charge in [0.2, 0.25) is 0 Å². The van der Waals surface area contributed by atoms with Crippen molar-refractivity contribution in [1.29, 1.82) is 0 Å². The van der Waals surface area contributed by atoms with Crippen LogP contribution in [0.5, 0.6) is 5.75 Å². The van der Waals surface area contributed by atoms with Crippen LogP contribution < -0.4 is 10.1 Å². The standard InChI is InChI=1S/C11H14N2O5/c1-17-10-4-8(3-9(5-10)13(15)16)6-12-7-11(14)18-2/h3-5,12H,6-7H2,1-2H3. The highest BCUT2D eigenvalue weighted by Crippen LogP contribution is 2.22. The Morgan fingerprint density at radius 2 is 2.11 bits per heavy atom. The molecule has 1 rings (SSSR count). The number of methoxy groups -OCH3 is 2. The van der Waals surface area contributed by atoms with Gasteiger partial charge in [-0.1, -0.05) is 0 Å². The number of nitro benzene ring substituents is 1. The molecule has 0 unspecified atom stereocenters. The van der Waals surface area contributed by atoms with Gasteiger partial charge in [-0.2, -0.15) is 0 Å². The Kier molecular flexibility index (Phi) is 5.06. The summed E-state index contributed by atoms with van der Waals surface area (Å²) in [5.41, 5.74) is 0.606. The smallest absolute Gasteiger partial charge is 0.319 e. The second-order valence-electron chi connectivity index (χ2n) is 3.48. The Labute approximate surface area is 104 Å². The van der Waals surface area contributed by atoms with Crippen molar-refractivity contribution in [3.63, 3.8) is 0 Å². The number of carbonyl (C=O) groups is 1. The molecule has 0 fully saturated rings. The molecule has 0 aliphatic rings. The molecule has 1 aromatic rings. The van der Waals surface area contributed by atoms with E-state index < -0.39 is 10.9 Å². The quantitative estimate of drug-likeness (QED) is 0.460. The molecule has 0 aliphatic carbocycles. The van der Waals surface area contributed by atoms with E-state index in [-0.39, 0.29) is 12.2 Å². The Bertz CT molecular complexity index is 447. The van der Waals surface area contributed by atoms with Gasteiger partial charge in [0.15, 0.2) is 0 Å². The molecule has 0 radical (unpaired) electrons. The molecule has 7 nitrogen and oxygen atoms in total. The predicted molar refractivity (Wildman–Crippen MR) is 63.4 cm³/mol. The van der Waals surface area contributed by atoms with E-state index in [2.05, 4.69) is 10.1 Å². The van der Waals surface area contributed by atoms with E-state index in [0.717, 1.165) is 0 Å². The van der Waals surface area contributed by atoms with Gasteiger partial charge in [0.25, 0.3) is 5.69 Å². The SMILES string of the molecule is COC(=O)CNCc1cc(OC)cc([N+](=O)[O-])c1. The van der Waals surface area contributed by atoms with Crippen LogP contribution >= 0.6 is 0 Å². The van der Waals surface area contributed by atoms with Gasteiger partial charge >= 0.3 is 5.97 Å². The van der Waals surface area contributed by atoms with Crippen LogP contribution in [0.1, 0.15) is 5.56 Å². The second kappa shape index (κ2) is 6.55. The third-order valence-electron chi connectivity index (χ3n) is 2.22. The van der Waals surface area contributed by atoms with Gasteiger partial charge in [-0.3, -0.25) is 14.9 Å². The summed E-state index contributed by atoms with van der Waals surface area (Å²) >= 11 is 0. The topological polar surface area (TPSA) is 90.7 Å². The summed E-state index contributed by atoms with van der Waals surface area (Å²) in [5, 5.41) is 13.5. The van der Waals surface area contributed by atoms with E-state index in [1.54, 1.807) is 6.07 Å². The van der Waals surface area contributed by atoms with Crippen molar-refractivity contribution in [2.24, 2.45) is 0 Å². The fourth-order valence-electron chi connectivity index (χ4n) is 1.35. The third-order valence-corrected chi connectivity index (χ3v) is 2.22. The van der Waals surface area contributed by atoms with E-state index in [4.69, 9.17) is 4.74 Å². The van der Waals surface area contributed by atoms with Crippen molar-refractivity contribution < 1.29 is 19.2 Å². The number of nitro groups is 1. The monoisotopic (exact) mass is 254 g/mol. The van der Waals surface area contributed by atoms with Crippen LogP contribution in [0.25, 0.3) is 0 Å². The maximum atomic E-state index is 10.9. The van der Waals surface area contributed by atoms with Crippen LogP contribution in [-0.4, -0.2) is 31.7 Å². The summed E-state index contributed by atoms with van der Waals surface area (Å²) in [5.74, 6) is 0.00599. The van der Waals surface area contributed by atoms with Crippen molar-refractivity contribution in [3.8, 4) is 5.75 Å². The summed E-state index contributed by atoms with van der Waals surface area (Å²) in [6.45, 7) is 0.356. The van der Waals surface area contributed by atoms with E-state index in [9.17, 15) is 14.9 Å². The minimum absolute atomic E-state index is 0.0432. The first-order valence-electron chi connectivity index (χ1n) is 5.16. The van der Waals surface area contributed by atoms with Gasteiger partial charge in [0.05, 0.1) is 31.8 Å². The number of rotatable bonds is 6. The summed E-state index contributed by atoms with van der Waals surface area (Å²) in [6.07, 6.45) is 0. The maximum Gasteiger partial charge on any atom is 0.319 e. The van der Waals surface area contributed by atoms with E-state index in [1.807, 2.05) is 0 Å². The number of esters is 1. The molecule has 0 amide bonds. The van der Waals surface area contributed by atoms with E-state index in [0.29, 0.717) is 17.9 Å². The molecule has 18 heavy (non-hydrogen) atoms. The summed E-state index contributed by atoms with van der Waals surface area (Å²) < 4.78 is 9.43. The average Bonchev–Trinajstić information content (AvgIpc) is 2.37. The number of hydrogen-bond acceptors (Lipinski definition) is 6. The minimum atomic E-state index is -0.494. The third kappa shape index (κ3) is 4.02. The molecule has 7 heteroatoms. The zero-order valence-electron chi connectivity index (χ0n) is 10.1. The van der Waals surface area contributed by atoms with Gasteiger partial charge in [0, 0.05) is 12.6 Å². The fraction of sp³-hybridized carbons (Fsp3) is 0.364. The molecule has 0 bridgehead atoms. The Morgan fingerprint density at radius 3 is 2.67 bits per heavy atom. The Morgan fingerprint density at radius 1 is 1.39 bits per heavy atom. The highest BCUT2D eigenvalue weighted by atomic mass is 16.6. The van der Waals surface area contributed by atoms with Gasteiger partial charge in [0.1, 0.15) is 5.75 Å². The van der Waals surface area contributed by atoms with E-state index >= 15 is 0 Å². The van der Waals surface area contributed by atoms with E-state index in [1.165, 1.54) is 26.4 Å². The Balaban J connectivity index is 2.72. The minimum Gasteiger partial charge on any atom is -0.496 e. The molecule has 0 aliphatic heterocycles. The van der Waals surface area contributed by atoms with Crippen LogP contribution in [0.4, 0.5) is 5.69 Å². The molecule has 1 aromatic carbocycles. The first kappa shape index (κ1) is 13.9. The second-order valence-corrected chi connectivity index (χ2v) is 3.48. The number of nitrogens with zero attached hydrogens (tertiary/aromatic N) is 1. The normalized spacial score (nSPS) is 9.89. The van der Waals surface area contributed by atoms with Crippen molar-refractivity contribution in [2.75, 3.05) is 20.8 Å². The molecule has 0 spiro atoms. The van der Waals surface area contributed by atoms with Gasteiger partial charge in [-0.05, 0) is 11.6 Å². The van der Waals surface area contributed by atoms with Gasteiger partial charge in [-0.15, -0.1) is 0 Å². The summed E-state index contributed by atoms with van der Waals surface area (Å²) in [4.78, 5) is 21.1. The first-order valence-corrected chi connectivity index (χ1v) is 5.16. The number of benzene rings is 1. The summed E-state index contributed by atoms with van der Waals surface area (Å²) in [6, 6.07) is 4.42. The molecule has 0 atom stereocenters. The number of ether oxygens (including phenoxy) is 2. The van der Waals surface area contributed by atoms with Crippen LogP contribution in [0.15, 0.2) is 18.2 Å². The van der Waals surface area contributed by atoms with Crippen molar-refractivity contribution in [2.45, 2.75) is 6.54 Å². The lowest BCUT2D eigenvalue weighted by Gasteiger charge is -2.06. The summed E-state index contributed by atoms with van der Waals surface area (Å²) in [7, 11) is 2.73. The zero-order valence-corrected chi connectivity index (χ0v) is 10.1. The lowest BCUT2D eigenvalue weighted by Crippen LogP contribution is -2.23. The number of hydrogen-bond donors (Lipinski definition) is 1. The van der Waals surface area contributed by atoms with Crippen molar-refractivity contribution in [3.05, 3.63) is 33.9 Å². The fourth-order valence-corrected chi connectivity index (χ4v) is 1.35. The maximum absolute atomic E-state index is 10.9. The van der Waals surface area contributed by atoms with Crippen LogP contribution in [-0.2, 0) is 16.1 Å². The molecule has 0 aromatic heterocycles. The molecule has 0 saturated heterocycles. The largest absolute Gasteiger partial charge is 0.496 e. The number of non-ortho nitro benzene ring substituents is 1. The zero-order chi connectivity index (χ0) is 13.5. The lowest BCUT2D eigenvalue weighted by molar-refractivity contribution is -0.385. The highest BCUT2D eigenvalue weighted by Gasteiger charge is 2.10. The van der Waals surface area contributed by atoms with Gasteiger partial charge < -0.3 is 14.8 Å². The van der Waals surface area contributed by atoms with Gasteiger partial charge in [-0.25, -0.2) is 0 Å². The lowest BCUT2D eigenvalue weighted by atomic mass is 10.2. The number of carbonyl (C=O) groups excluding carboxylic acids is 1. The highest BCUT2D eigenvalue weighted by molar-refractivity contribution is 5.71. The first-order chi connectivity index (χ1) is 8.56. The number of nitrogens with one attached hydrogen (secondary N) is 1. The predicted octanol–water partition coefficient (Wildman–Crippen LogP) is 0.866. The molecule has 0 saturated carbocycles. The van der Waals surface area contributed by atoms with Crippen molar-refractivity contribution >= 4 is 11.7 Å². The molecule has 98 valence electrons.